The predicted molar refractivity (Wildman–Crippen MR) is 72.2 cm³/mol. The lowest BCUT2D eigenvalue weighted by atomic mass is 10.1. The number of carboxylic acids is 1. The van der Waals surface area contributed by atoms with Crippen LogP contribution in [0.5, 0.6) is 0 Å². The molecule has 0 saturated carbocycles. The highest BCUT2D eigenvalue weighted by Crippen LogP contribution is 2.23. The largest absolute Gasteiger partial charge is 0.480 e. The van der Waals surface area contributed by atoms with Crippen molar-refractivity contribution in [3.05, 3.63) is 16.8 Å². The van der Waals surface area contributed by atoms with E-state index in [2.05, 4.69) is 15.5 Å². The average Bonchev–Trinajstić information content (AvgIpc) is 2.37. The molecule has 0 spiro atoms. The Morgan fingerprint density at radius 1 is 1.45 bits per heavy atom. The summed E-state index contributed by atoms with van der Waals surface area (Å²) < 4.78 is 0. The van der Waals surface area contributed by atoms with E-state index in [1.807, 2.05) is 6.07 Å². The van der Waals surface area contributed by atoms with Crippen molar-refractivity contribution in [1.29, 1.82) is 5.26 Å². The van der Waals surface area contributed by atoms with E-state index in [0.29, 0.717) is 16.3 Å². The molecule has 0 unspecified atom stereocenters. The zero-order valence-corrected chi connectivity index (χ0v) is 12.1. The Balaban J connectivity index is 2.89. The molecule has 1 heterocycles. The zero-order valence-electron chi connectivity index (χ0n) is 11.3. The SMILES string of the molecule is CC(=O)N[C@@H](CSc1nnc(C)c(C)c1C#N)C(=O)O. The first kappa shape index (κ1) is 15.9. The zero-order chi connectivity index (χ0) is 15.3. The second kappa shape index (κ2) is 6.86. The Bertz CT molecular complexity index is 583. The summed E-state index contributed by atoms with van der Waals surface area (Å²) in [6.07, 6.45) is 0. The summed E-state index contributed by atoms with van der Waals surface area (Å²) >= 11 is 1.08. The van der Waals surface area contributed by atoms with Gasteiger partial charge in [-0.2, -0.15) is 10.4 Å². The van der Waals surface area contributed by atoms with Crippen molar-refractivity contribution in [2.24, 2.45) is 0 Å². The molecule has 1 rings (SSSR count). The van der Waals surface area contributed by atoms with Crippen molar-refractivity contribution in [2.75, 3.05) is 5.75 Å². The van der Waals surface area contributed by atoms with Gasteiger partial charge < -0.3 is 10.4 Å². The molecule has 0 aliphatic carbocycles. The molecule has 7 nitrogen and oxygen atoms in total. The van der Waals surface area contributed by atoms with Crippen LogP contribution in [0.25, 0.3) is 0 Å². The molecule has 2 N–H and O–H groups in total. The van der Waals surface area contributed by atoms with Crippen LogP contribution in [0.15, 0.2) is 5.03 Å². The quantitative estimate of drug-likeness (QED) is 0.766. The maximum absolute atomic E-state index is 11.0. The monoisotopic (exact) mass is 294 g/mol. The van der Waals surface area contributed by atoms with Gasteiger partial charge in [-0.3, -0.25) is 4.79 Å². The standard InChI is InChI=1S/C12H14N4O3S/c1-6-7(2)15-16-11(9(6)4-13)20-5-10(12(18)19)14-8(3)17/h10H,5H2,1-3H3,(H,14,17)(H,18,19)/t10-/m0/s1. The maximum Gasteiger partial charge on any atom is 0.327 e. The fourth-order valence-electron chi connectivity index (χ4n) is 1.40. The Labute approximate surface area is 120 Å². The number of aliphatic carboxylic acids is 1. The fourth-order valence-corrected chi connectivity index (χ4v) is 2.39. The van der Waals surface area contributed by atoms with E-state index in [1.54, 1.807) is 13.8 Å². The molecular weight excluding hydrogens is 280 g/mol. The number of carbonyl (C=O) groups excluding carboxylic acids is 1. The van der Waals surface area contributed by atoms with Gasteiger partial charge in [-0.05, 0) is 19.4 Å². The van der Waals surface area contributed by atoms with Crippen LogP contribution >= 0.6 is 11.8 Å². The van der Waals surface area contributed by atoms with Crippen molar-refractivity contribution in [1.82, 2.24) is 15.5 Å². The topological polar surface area (TPSA) is 116 Å². The van der Waals surface area contributed by atoms with Crippen LogP contribution in [0.1, 0.15) is 23.7 Å². The molecule has 0 bridgehead atoms. The van der Waals surface area contributed by atoms with Crippen LogP contribution in [0.3, 0.4) is 0 Å². The van der Waals surface area contributed by atoms with Crippen molar-refractivity contribution < 1.29 is 14.7 Å². The summed E-state index contributed by atoms with van der Waals surface area (Å²) in [5, 5.41) is 28.6. The number of hydrogen-bond donors (Lipinski definition) is 2. The van der Waals surface area contributed by atoms with E-state index in [4.69, 9.17) is 10.4 Å². The molecule has 0 aliphatic rings. The molecule has 1 atom stereocenters. The normalized spacial score (nSPS) is 11.5. The number of nitriles is 1. The second-order valence-corrected chi connectivity index (χ2v) is 5.11. The number of carboxylic acid groups (broad SMARTS) is 1. The number of nitrogens with zero attached hydrogens (tertiary/aromatic N) is 3. The van der Waals surface area contributed by atoms with Crippen LogP contribution in [0.4, 0.5) is 0 Å². The van der Waals surface area contributed by atoms with E-state index in [-0.39, 0.29) is 5.75 Å². The smallest absolute Gasteiger partial charge is 0.327 e. The van der Waals surface area contributed by atoms with Gasteiger partial charge in [0.1, 0.15) is 17.1 Å². The number of nitrogens with one attached hydrogen (secondary N) is 1. The summed E-state index contributed by atoms with van der Waals surface area (Å²) in [5.74, 6) is -1.49. The number of carbonyl (C=O) groups is 2. The van der Waals surface area contributed by atoms with E-state index in [1.165, 1.54) is 6.92 Å². The van der Waals surface area contributed by atoms with Gasteiger partial charge in [0.25, 0.3) is 0 Å². The molecule has 0 radical (unpaired) electrons. The van der Waals surface area contributed by atoms with Crippen molar-refractivity contribution in [3.8, 4) is 6.07 Å². The number of rotatable bonds is 5. The first-order valence-corrected chi connectivity index (χ1v) is 6.72. The second-order valence-electron chi connectivity index (χ2n) is 4.10. The third-order valence-electron chi connectivity index (χ3n) is 2.60. The number of aryl methyl sites for hydroxylation is 1. The van der Waals surface area contributed by atoms with Crippen molar-refractivity contribution in [3.63, 3.8) is 0 Å². The highest BCUT2D eigenvalue weighted by molar-refractivity contribution is 7.99. The molecule has 1 aromatic heterocycles. The van der Waals surface area contributed by atoms with Crippen molar-refractivity contribution >= 4 is 23.6 Å². The molecular formula is C12H14N4O3S. The van der Waals surface area contributed by atoms with Gasteiger partial charge in [0.2, 0.25) is 5.91 Å². The van der Waals surface area contributed by atoms with Gasteiger partial charge in [0, 0.05) is 12.7 Å². The van der Waals surface area contributed by atoms with Crippen LogP contribution in [-0.4, -0.2) is 39.0 Å². The number of hydrogen-bond acceptors (Lipinski definition) is 6. The Morgan fingerprint density at radius 2 is 2.10 bits per heavy atom. The lowest BCUT2D eigenvalue weighted by Crippen LogP contribution is -2.41. The molecule has 1 aromatic rings. The van der Waals surface area contributed by atoms with Crippen LogP contribution in [0, 0.1) is 25.2 Å². The Morgan fingerprint density at radius 3 is 2.60 bits per heavy atom. The molecule has 0 saturated heterocycles. The third kappa shape index (κ3) is 3.93. The lowest BCUT2D eigenvalue weighted by Gasteiger charge is -2.13. The first-order valence-electron chi connectivity index (χ1n) is 5.73. The molecule has 0 fully saturated rings. The summed E-state index contributed by atoms with van der Waals surface area (Å²) in [7, 11) is 0. The highest BCUT2D eigenvalue weighted by atomic mass is 32.2. The average molecular weight is 294 g/mol. The Hall–Kier alpha value is -2.14. The van der Waals surface area contributed by atoms with Gasteiger partial charge in [-0.1, -0.05) is 0 Å². The van der Waals surface area contributed by atoms with E-state index >= 15 is 0 Å². The highest BCUT2D eigenvalue weighted by Gasteiger charge is 2.20. The van der Waals surface area contributed by atoms with Crippen LogP contribution < -0.4 is 5.32 Å². The van der Waals surface area contributed by atoms with E-state index < -0.39 is 17.9 Å². The van der Waals surface area contributed by atoms with Crippen molar-refractivity contribution in [2.45, 2.75) is 31.8 Å². The number of aromatic nitrogens is 2. The van der Waals surface area contributed by atoms with E-state index in [0.717, 1.165) is 17.3 Å². The molecule has 106 valence electrons. The molecule has 0 aromatic carbocycles. The van der Waals surface area contributed by atoms with Gasteiger partial charge in [0.05, 0.1) is 11.3 Å². The molecule has 0 aliphatic heterocycles. The fraction of sp³-hybridized carbons (Fsp3) is 0.417. The van der Waals surface area contributed by atoms with Gasteiger partial charge >= 0.3 is 5.97 Å². The summed E-state index contributed by atoms with van der Waals surface area (Å²) in [6.45, 7) is 4.75. The van der Waals surface area contributed by atoms with E-state index in [9.17, 15) is 9.59 Å². The minimum atomic E-state index is -1.14. The molecule has 20 heavy (non-hydrogen) atoms. The van der Waals surface area contributed by atoms with Gasteiger partial charge in [-0.15, -0.1) is 16.9 Å². The number of thioether (sulfide) groups is 1. The maximum atomic E-state index is 11.0. The van der Waals surface area contributed by atoms with Crippen LogP contribution in [-0.2, 0) is 9.59 Å². The first-order chi connectivity index (χ1) is 9.36. The summed E-state index contributed by atoms with van der Waals surface area (Å²) in [5.41, 5.74) is 1.76. The molecule has 8 heteroatoms. The van der Waals surface area contributed by atoms with Gasteiger partial charge in [0.15, 0.2) is 0 Å². The Kier molecular flexibility index (Phi) is 5.46. The third-order valence-corrected chi connectivity index (χ3v) is 3.66. The van der Waals surface area contributed by atoms with Gasteiger partial charge in [-0.25, -0.2) is 4.79 Å². The minimum Gasteiger partial charge on any atom is -0.480 e. The predicted octanol–water partition coefficient (Wildman–Crippen LogP) is 0.647. The molecule has 1 amide bonds. The number of amides is 1. The lowest BCUT2D eigenvalue weighted by molar-refractivity contribution is -0.140. The summed E-state index contributed by atoms with van der Waals surface area (Å²) in [4.78, 5) is 21.9. The summed E-state index contributed by atoms with van der Waals surface area (Å²) in [6, 6.07) is 1.01. The minimum absolute atomic E-state index is 0.0702. The van der Waals surface area contributed by atoms with Crippen LogP contribution in [0.2, 0.25) is 0 Å².